The highest BCUT2D eigenvalue weighted by Gasteiger charge is 2.17. The fourth-order valence-corrected chi connectivity index (χ4v) is 4.59. The summed E-state index contributed by atoms with van der Waals surface area (Å²) in [5.74, 6) is 0.863. The molecule has 0 aliphatic carbocycles. The number of unbranched alkanes of at least 4 members (excludes halogenated alkanes) is 6. The number of rotatable bonds is 19. The molecule has 0 aliphatic heterocycles. The van der Waals surface area contributed by atoms with Crippen molar-refractivity contribution in [1.29, 1.82) is 0 Å². The van der Waals surface area contributed by atoms with Crippen LogP contribution in [0.15, 0.2) is 54.6 Å². The van der Waals surface area contributed by atoms with E-state index in [4.69, 9.17) is 9.47 Å². The van der Waals surface area contributed by atoms with Crippen LogP contribution in [-0.4, -0.2) is 43.8 Å². The molecule has 4 nitrogen and oxygen atoms in total. The minimum Gasteiger partial charge on any atom is -0.490 e. The molecule has 36 heavy (non-hydrogen) atoms. The first-order chi connectivity index (χ1) is 17.4. The number of hydrogen-bond donors (Lipinski definition) is 0. The Bertz CT molecular complexity index is 849. The summed E-state index contributed by atoms with van der Waals surface area (Å²) in [5.41, 5.74) is 2.61. The van der Waals surface area contributed by atoms with E-state index in [1.165, 1.54) is 56.1 Å². The average Bonchev–Trinajstić information content (AvgIpc) is 2.84. The van der Waals surface area contributed by atoms with Gasteiger partial charge in [-0.2, -0.15) is 0 Å². The van der Waals surface area contributed by atoms with Crippen LogP contribution >= 0.6 is 0 Å². The number of carbonyl (C=O) groups excluding carboxylic acids is 1. The number of hydrogen-bond acceptors (Lipinski definition) is 3. The van der Waals surface area contributed by atoms with Crippen molar-refractivity contribution < 1.29 is 18.8 Å². The minimum absolute atomic E-state index is 0.00877. The van der Waals surface area contributed by atoms with Gasteiger partial charge >= 0.3 is 5.97 Å². The molecule has 0 N–H and O–H groups in total. The van der Waals surface area contributed by atoms with E-state index in [2.05, 4.69) is 70.4 Å². The number of aryl methyl sites for hydroxylation is 1. The topological polar surface area (TPSA) is 35.5 Å². The zero-order valence-corrected chi connectivity index (χ0v) is 23.3. The van der Waals surface area contributed by atoms with Crippen LogP contribution in [0.25, 0.3) is 0 Å². The number of nitrogens with zero attached hydrogens (tertiary/aromatic N) is 1. The van der Waals surface area contributed by atoms with Gasteiger partial charge in [-0.15, -0.1) is 0 Å². The van der Waals surface area contributed by atoms with Crippen molar-refractivity contribution >= 4 is 5.97 Å². The van der Waals surface area contributed by atoms with Crippen molar-refractivity contribution in [2.24, 2.45) is 0 Å². The lowest BCUT2D eigenvalue weighted by Crippen LogP contribution is -2.39. The van der Waals surface area contributed by atoms with Gasteiger partial charge in [-0.3, -0.25) is 4.79 Å². The smallest absolute Gasteiger partial charge is 0.306 e. The van der Waals surface area contributed by atoms with E-state index in [0.29, 0.717) is 19.4 Å². The molecule has 1 atom stereocenters. The van der Waals surface area contributed by atoms with Crippen molar-refractivity contribution in [1.82, 2.24) is 0 Å². The van der Waals surface area contributed by atoms with Crippen molar-refractivity contribution in [2.75, 3.05) is 27.2 Å². The molecule has 0 radical (unpaired) electrons. The van der Waals surface area contributed by atoms with Gasteiger partial charge in [0.2, 0.25) is 0 Å². The van der Waals surface area contributed by atoms with E-state index in [-0.39, 0.29) is 12.1 Å². The number of quaternary nitrogens is 1. The van der Waals surface area contributed by atoms with Crippen LogP contribution in [0, 0.1) is 0 Å². The molecule has 0 aliphatic rings. The normalized spacial score (nSPS) is 12.3. The summed E-state index contributed by atoms with van der Waals surface area (Å²) in [7, 11) is 4.42. The second kappa shape index (κ2) is 17.2. The second-order valence-corrected chi connectivity index (χ2v) is 10.8. The summed E-state index contributed by atoms with van der Waals surface area (Å²) < 4.78 is 12.6. The standard InChI is InChI=1S/C32H50NO3/c1-5-6-7-8-9-10-14-20-30-21-15-16-22-31(30)36-28(2)24-26-35-32(34)23-17-25-33(3,4)27-29-18-12-11-13-19-29/h11-13,15-16,18-19,21-22,28H,5-10,14,17,20,23-27H2,1-4H3/q+1. The van der Waals surface area contributed by atoms with Crippen molar-refractivity contribution in [3.05, 3.63) is 65.7 Å². The van der Waals surface area contributed by atoms with Gasteiger partial charge in [-0.05, 0) is 31.4 Å². The zero-order valence-electron chi connectivity index (χ0n) is 23.3. The van der Waals surface area contributed by atoms with E-state index < -0.39 is 0 Å². The fraction of sp³-hybridized carbons (Fsp3) is 0.594. The van der Waals surface area contributed by atoms with Gasteiger partial charge in [0.25, 0.3) is 0 Å². The molecule has 0 saturated carbocycles. The molecule has 2 aromatic rings. The Hall–Kier alpha value is -2.33. The quantitative estimate of drug-likeness (QED) is 0.113. The van der Waals surface area contributed by atoms with E-state index in [1.807, 2.05) is 12.1 Å². The second-order valence-electron chi connectivity index (χ2n) is 10.8. The molecule has 0 heterocycles. The third-order valence-electron chi connectivity index (χ3n) is 6.74. The first-order valence-electron chi connectivity index (χ1n) is 14.2. The monoisotopic (exact) mass is 496 g/mol. The molecule has 2 rings (SSSR count). The van der Waals surface area contributed by atoms with Crippen LogP contribution in [0.5, 0.6) is 5.75 Å². The highest BCUT2D eigenvalue weighted by Crippen LogP contribution is 2.23. The first-order valence-corrected chi connectivity index (χ1v) is 14.2. The average molecular weight is 497 g/mol. The van der Waals surface area contributed by atoms with Crippen molar-refractivity contribution in [3.8, 4) is 5.75 Å². The van der Waals surface area contributed by atoms with Gasteiger partial charge in [-0.1, -0.05) is 94.0 Å². The van der Waals surface area contributed by atoms with Crippen LogP contribution in [0.4, 0.5) is 0 Å². The zero-order chi connectivity index (χ0) is 26.1. The highest BCUT2D eigenvalue weighted by atomic mass is 16.5. The van der Waals surface area contributed by atoms with Crippen LogP contribution in [-0.2, 0) is 22.5 Å². The third-order valence-corrected chi connectivity index (χ3v) is 6.74. The summed E-state index contributed by atoms with van der Waals surface area (Å²) in [4.78, 5) is 12.2. The molecule has 0 bridgehead atoms. The van der Waals surface area contributed by atoms with E-state index in [9.17, 15) is 4.79 Å². The van der Waals surface area contributed by atoms with Gasteiger partial charge < -0.3 is 14.0 Å². The van der Waals surface area contributed by atoms with Gasteiger partial charge in [-0.25, -0.2) is 0 Å². The summed E-state index contributed by atoms with van der Waals surface area (Å²) in [5, 5.41) is 0. The lowest BCUT2D eigenvalue weighted by atomic mass is 10.0. The lowest BCUT2D eigenvalue weighted by molar-refractivity contribution is -0.903. The summed E-state index contributed by atoms with van der Waals surface area (Å²) in [6.45, 7) is 6.63. The molecular weight excluding hydrogens is 446 g/mol. The molecule has 0 amide bonds. The molecular formula is C32H50NO3+. The predicted molar refractivity (Wildman–Crippen MR) is 150 cm³/mol. The van der Waals surface area contributed by atoms with Gasteiger partial charge in [0.1, 0.15) is 12.3 Å². The van der Waals surface area contributed by atoms with Gasteiger partial charge in [0.05, 0.1) is 39.8 Å². The maximum Gasteiger partial charge on any atom is 0.306 e. The van der Waals surface area contributed by atoms with E-state index in [0.717, 1.165) is 36.2 Å². The number of ether oxygens (including phenoxy) is 2. The van der Waals surface area contributed by atoms with Crippen LogP contribution in [0.1, 0.15) is 89.2 Å². The largest absolute Gasteiger partial charge is 0.490 e. The van der Waals surface area contributed by atoms with Crippen molar-refractivity contribution in [2.45, 2.75) is 97.1 Å². The Labute approximate surface area is 220 Å². The van der Waals surface area contributed by atoms with E-state index >= 15 is 0 Å². The number of para-hydroxylation sites is 1. The highest BCUT2D eigenvalue weighted by molar-refractivity contribution is 5.69. The number of esters is 1. The summed E-state index contributed by atoms with van der Waals surface area (Å²) in [6.07, 6.45) is 12.3. The SMILES string of the molecule is CCCCCCCCCc1ccccc1OC(C)CCOC(=O)CCC[N+](C)(C)Cc1ccccc1. The Kier molecular flexibility index (Phi) is 14.3. The summed E-state index contributed by atoms with van der Waals surface area (Å²) in [6, 6.07) is 18.9. The maximum atomic E-state index is 12.2. The molecule has 0 aromatic heterocycles. The summed E-state index contributed by atoms with van der Waals surface area (Å²) >= 11 is 0. The number of benzene rings is 2. The maximum absolute atomic E-state index is 12.2. The van der Waals surface area contributed by atoms with E-state index in [1.54, 1.807) is 0 Å². The molecule has 4 heteroatoms. The Morgan fingerprint density at radius 3 is 2.28 bits per heavy atom. The molecule has 2 aromatic carbocycles. The van der Waals surface area contributed by atoms with Crippen LogP contribution < -0.4 is 4.74 Å². The Morgan fingerprint density at radius 2 is 1.53 bits per heavy atom. The van der Waals surface area contributed by atoms with Crippen molar-refractivity contribution in [3.63, 3.8) is 0 Å². The lowest BCUT2D eigenvalue weighted by Gasteiger charge is -2.29. The Morgan fingerprint density at radius 1 is 0.861 bits per heavy atom. The molecule has 1 unspecified atom stereocenters. The molecule has 0 spiro atoms. The molecule has 0 saturated heterocycles. The number of carbonyl (C=O) groups is 1. The molecule has 0 fully saturated rings. The predicted octanol–water partition coefficient (Wildman–Crippen LogP) is 7.74. The fourth-order valence-electron chi connectivity index (χ4n) is 4.59. The van der Waals surface area contributed by atoms with Crippen LogP contribution in [0.2, 0.25) is 0 Å². The third kappa shape index (κ3) is 13.1. The minimum atomic E-state index is -0.110. The van der Waals surface area contributed by atoms with Gasteiger partial charge in [0, 0.05) is 18.4 Å². The van der Waals surface area contributed by atoms with Gasteiger partial charge in [0.15, 0.2) is 0 Å². The first kappa shape index (κ1) is 29.9. The Balaban J connectivity index is 1.61. The molecule has 200 valence electrons. The van der Waals surface area contributed by atoms with Crippen LogP contribution in [0.3, 0.4) is 0 Å².